The lowest BCUT2D eigenvalue weighted by atomic mass is 9.71. The third-order valence-corrected chi connectivity index (χ3v) is 8.11. The summed E-state index contributed by atoms with van der Waals surface area (Å²) < 4.78 is 16.4. The summed E-state index contributed by atoms with van der Waals surface area (Å²) in [7, 11) is 1.45. The van der Waals surface area contributed by atoms with Crippen molar-refractivity contribution in [2.45, 2.75) is 77.9 Å². The number of fused-ring (bicyclic) bond motifs is 1. The molecule has 192 valence electrons. The fraction of sp³-hybridized carbons (Fsp3) is 0.630. The molecule has 1 saturated heterocycles. The summed E-state index contributed by atoms with van der Waals surface area (Å²) in [6, 6.07) is 5.62. The first-order valence-electron chi connectivity index (χ1n) is 12.8. The average molecular weight is 487 g/mol. The zero-order valence-electron chi connectivity index (χ0n) is 21.4. The lowest BCUT2D eigenvalue weighted by Gasteiger charge is -2.44. The standard InChI is InChI=1S/C27H39FN4O3/c1-27(2,3)18-5-8-20(9-6-18)31-13-11-21(12-14-31)32-24-10-7-19(28)15-22(24)23(16-30-35-4)25(32)17-29-26(33)34/h7,10,15-16,18,20-21,29H,5-6,8-9,11-14,17H2,1-4H3,(H,33,34)/t18-,20+. The molecule has 4 rings (SSSR count). The Kier molecular flexibility index (Phi) is 7.69. The molecule has 2 N–H and O–H groups in total. The highest BCUT2D eigenvalue weighted by Gasteiger charge is 2.34. The normalized spacial score (nSPS) is 22.7. The molecular weight excluding hydrogens is 447 g/mol. The van der Waals surface area contributed by atoms with Crippen LogP contribution in [-0.4, -0.2) is 53.1 Å². The first-order valence-corrected chi connectivity index (χ1v) is 12.8. The predicted octanol–water partition coefficient (Wildman–Crippen LogP) is 5.77. The first kappa shape index (κ1) is 25.5. The topological polar surface area (TPSA) is 79.1 Å². The molecule has 1 aromatic heterocycles. The maximum absolute atomic E-state index is 14.2. The highest BCUT2D eigenvalue weighted by atomic mass is 19.1. The second-order valence-electron chi connectivity index (χ2n) is 11.1. The molecule has 0 radical (unpaired) electrons. The number of carbonyl (C=O) groups is 1. The molecular formula is C27H39FN4O3. The predicted molar refractivity (Wildman–Crippen MR) is 136 cm³/mol. The molecule has 0 bridgehead atoms. The number of carboxylic acid groups (broad SMARTS) is 1. The number of amides is 1. The summed E-state index contributed by atoms with van der Waals surface area (Å²) >= 11 is 0. The minimum atomic E-state index is -1.09. The molecule has 1 aliphatic heterocycles. The number of nitrogens with zero attached hydrogens (tertiary/aromatic N) is 3. The fourth-order valence-corrected chi connectivity index (χ4v) is 6.19. The van der Waals surface area contributed by atoms with Crippen LogP contribution in [0.3, 0.4) is 0 Å². The monoisotopic (exact) mass is 486 g/mol. The maximum atomic E-state index is 14.2. The van der Waals surface area contributed by atoms with Crippen LogP contribution >= 0.6 is 0 Å². The quantitative estimate of drug-likeness (QED) is 0.401. The number of halogens is 1. The zero-order valence-corrected chi connectivity index (χ0v) is 21.4. The van der Waals surface area contributed by atoms with E-state index >= 15 is 0 Å². The van der Waals surface area contributed by atoms with Gasteiger partial charge in [0.25, 0.3) is 0 Å². The van der Waals surface area contributed by atoms with Gasteiger partial charge >= 0.3 is 6.09 Å². The Morgan fingerprint density at radius 3 is 2.46 bits per heavy atom. The molecule has 0 atom stereocenters. The number of nitrogens with one attached hydrogen (secondary N) is 1. The molecule has 2 aliphatic rings. The maximum Gasteiger partial charge on any atom is 0.404 e. The van der Waals surface area contributed by atoms with E-state index in [1.807, 2.05) is 0 Å². The van der Waals surface area contributed by atoms with Gasteiger partial charge in [-0.15, -0.1) is 0 Å². The molecule has 8 heteroatoms. The zero-order chi connectivity index (χ0) is 25.2. The number of rotatable bonds is 6. The van der Waals surface area contributed by atoms with Crippen molar-refractivity contribution in [1.29, 1.82) is 0 Å². The van der Waals surface area contributed by atoms with Gasteiger partial charge in [-0.1, -0.05) is 25.9 Å². The SMILES string of the molecule is CON=Cc1c(CNC(=O)O)n(C2CCN([C@H]3CC[C@@H](C(C)(C)C)CC3)CC2)c2ccc(F)cc12. The van der Waals surface area contributed by atoms with Crippen molar-refractivity contribution in [2.75, 3.05) is 20.2 Å². The minimum absolute atomic E-state index is 0.119. The summed E-state index contributed by atoms with van der Waals surface area (Å²) in [5.74, 6) is 0.472. The number of hydrogen-bond donors (Lipinski definition) is 2. The second kappa shape index (κ2) is 10.6. The van der Waals surface area contributed by atoms with Gasteiger partial charge in [0.05, 0.1) is 12.8 Å². The van der Waals surface area contributed by atoms with E-state index in [0.717, 1.165) is 48.4 Å². The lowest BCUT2D eigenvalue weighted by Crippen LogP contribution is -2.44. The van der Waals surface area contributed by atoms with E-state index < -0.39 is 6.09 Å². The highest BCUT2D eigenvalue weighted by molar-refractivity contribution is 6.01. The third kappa shape index (κ3) is 5.63. The van der Waals surface area contributed by atoms with Gasteiger partial charge in [0.1, 0.15) is 12.9 Å². The van der Waals surface area contributed by atoms with Crippen LogP contribution in [0.1, 0.15) is 76.6 Å². The van der Waals surface area contributed by atoms with Crippen molar-refractivity contribution in [3.8, 4) is 0 Å². The number of benzene rings is 1. The van der Waals surface area contributed by atoms with Gasteiger partial charge < -0.3 is 24.7 Å². The minimum Gasteiger partial charge on any atom is -0.465 e. The molecule has 1 saturated carbocycles. The summed E-state index contributed by atoms with van der Waals surface area (Å²) in [6.45, 7) is 9.23. The first-order chi connectivity index (χ1) is 16.7. The van der Waals surface area contributed by atoms with Gasteiger partial charge in [0.2, 0.25) is 0 Å². The van der Waals surface area contributed by atoms with Crippen LogP contribution in [0.4, 0.5) is 9.18 Å². The van der Waals surface area contributed by atoms with E-state index in [9.17, 15) is 14.3 Å². The van der Waals surface area contributed by atoms with E-state index in [1.165, 1.54) is 44.9 Å². The summed E-state index contributed by atoms with van der Waals surface area (Å²) in [5, 5.41) is 16.4. The Hall–Kier alpha value is -2.61. The third-order valence-electron chi connectivity index (χ3n) is 8.11. The van der Waals surface area contributed by atoms with Crippen LogP contribution in [0.15, 0.2) is 23.4 Å². The van der Waals surface area contributed by atoms with Crippen molar-refractivity contribution < 1.29 is 19.1 Å². The van der Waals surface area contributed by atoms with Gasteiger partial charge in [-0.2, -0.15) is 0 Å². The van der Waals surface area contributed by atoms with Crippen LogP contribution in [0.5, 0.6) is 0 Å². The van der Waals surface area contributed by atoms with Gasteiger partial charge in [0, 0.05) is 47.3 Å². The van der Waals surface area contributed by atoms with Crippen LogP contribution in [0, 0.1) is 17.2 Å². The van der Waals surface area contributed by atoms with Crippen molar-refractivity contribution in [2.24, 2.45) is 16.5 Å². The molecule has 1 aliphatic carbocycles. The van der Waals surface area contributed by atoms with Crippen molar-refractivity contribution in [1.82, 2.24) is 14.8 Å². The molecule has 0 unspecified atom stereocenters. The number of likely N-dealkylation sites (tertiary alicyclic amines) is 1. The number of piperidine rings is 1. The van der Waals surface area contributed by atoms with Crippen LogP contribution in [0.2, 0.25) is 0 Å². The van der Waals surface area contributed by atoms with Crippen molar-refractivity contribution in [3.63, 3.8) is 0 Å². The average Bonchev–Trinajstić information content (AvgIpc) is 3.13. The summed E-state index contributed by atoms with van der Waals surface area (Å²) in [6.07, 6.45) is 7.54. The van der Waals surface area contributed by atoms with E-state index in [2.05, 4.69) is 40.7 Å². The Balaban J connectivity index is 1.56. The largest absolute Gasteiger partial charge is 0.465 e. The van der Waals surface area contributed by atoms with Gasteiger partial charge in [-0.05, 0) is 68.1 Å². The van der Waals surface area contributed by atoms with E-state index in [-0.39, 0.29) is 18.4 Å². The van der Waals surface area contributed by atoms with Crippen LogP contribution in [0.25, 0.3) is 10.9 Å². The molecule has 7 nitrogen and oxygen atoms in total. The Morgan fingerprint density at radius 1 is 1.17 bits per heavy atom. The highest BCUT2D eigenvalue weighted by Crippen LogP contribution is 2.40. The van der Waals surface area contributed by atoms with Crippen molar-refractivity contribution in [3.05, 3.63) is 35.3 Å². The molecule has 35 heavy (non-hydrogen) atoms. The van der Waals surface area contributed by atoms with Gasteiger partial charge in [-0.25, -0.2) is 9.18 Å². The van der Waals surface area contributed by atoms with Gasteiger partial charge in [0.15, 0.2) is 0 Å². The number of aromatic nitrogens is 1. The van der Waals surface area contributed by atoms with Crippen molar-refractivity contribution >= 4 is 23.2 Å². The van der Waals surface area contributed by atoms with E-state index in [4.69, 9.17) is 4.84 Å². The van der Waals surface area contributed by atoms with Gasteiger partial charge in [-0.3, -0.25) is 0 Å². The second-order valence-corrected chi connectivity index (χ2v) is 11.1. The smallest absolute Gasteiger partial charge is 0.404 e. The number of oxime groups is 1. The molecule has 2 heterocycles. The molecule has 2 aromatic rings. The fourth-order valence-electron chi connectivity index (χ4n) is 6.19. The van der Waals surface area contributed by atoms with E-state index in [1.54, 1.807) is 12.3 Å². The summed E-state index contributed by atoms with van der Waals surface area (Å²) in [5.41, 5.74) is 2.77. The molecule has 1 aromatic carbocycles. The summed E-state index contributed by atoms with van der Waals surface area (Å²) in [4.78, 5) is 18.9. The molecule has 0 spiro atoms. The van der Waals surface area contributed by atoms with Crippen LogP contribution in [-0.2, 0) is 11.4 Å². The Bertz CT molecular complexity index is 1060. The van der Waals surface area contributed by atoms with E-state index in [0.29, 0.717) is 17.0 Å². The van der Waals surface area contributed by atoms with Crippen LogP contribution < -0.4 is 5.32 Å². The Morgan fingerprint density at radius 2 is 1.86 bits per heavy atom. The molecule has 2 fully saturated rings. The lowest BCUT2D eigenvalue weighted by molar-refractivity contribution is 0.0719. The number of hydrogen-bond acceptors (Lipinski definition) is 4. The Labute approximate surface area is 207 Å². The molecule has 1 amide bonds.